The van der Waals surface area contributed by atoms with Crippen molar-refractivity contribution < 1.29 is 26.4 Å². The number of primary amides is 1. The van der Waals surface area contributed by atoms with Crippen molar-refractivity contribution >= 4 is 27.3 Å². The zero-order valence-electron chi connectivity index (χ0n) is 13.4. The van der Waals surface area contributed by atoms with Gasteiger partial charge in [0.2, 0.25) is 5.91 Å². The molecule has 0 radical (unpaired) electrons. The Morgan fingerprint density at radius 1 is 1.35 bits per heavy atom. The van der Waals surface area contributed by atoms with Crippen LogP contribution in [0.4, 0.5) is 13.2 Å². The Balaban J connectivity index is 2.51. The highest BCUT2D eigenvalue weighted by atomic mass is 35.5. The molecule has 0 aromatic heterocycles. The van der Waals surface area contributed by atoms with Gasteiger partial charge in [-0.25, -0.2) is 8.42 Å². The van der Waals surface area contributed by atoms with E-state index in [1.807, 2.05) is 0 Å². The first kappa shape index (κ1) is 20.3. The number of rotatable bonds is 4. The van der Waals surface area contributed by atoms with Crippen LogP contribution in [0.25, 0.3) is 0 Å². The molecule has 1 unspecified atom stereocenters. The molecule has 6 nitrogen and oxygen atoms in total. The second kappa shape index (κ2) is 6.93. The predicted molar refractivity (Wildman–Crippen MR) is 89.3 cm³/mol. The highest BCUT2D eigenvalue weighted by molar-refractivity contribution is 7.90. The molecule has 1 amide bonds. The minimum atomic E-state index is -4.65. The number of alkyl halides is 3. The van der Waals surface area contributed by atoms with Gasteiger partial charge in [0.05, 0.1) is 21.1 Å². The molecule has 26 heavy (non-hydrogen) atoms. The van der Waals surface area contributed by atoms with Crippen LogP contribution in [-0.2, 0) is 27.4 Å². The lowest BCUT2D eigenvalue weighted by Gasteiger charge is -2.32. The Bertz CT molecular complexity index is 910. The van der Waals surface area contributed by atoms with Crippen molar-refractivity contribution in [3.05, 3.63) is 52.2 Å². The van der Waals surface area contributed by atoms with Crippen molar-refractivity contribution in [2.45, 2.75) is 23.8 Å². The highest BCUT2D eigenvalue weighted by Crippen LogP contribution is 2.33. The van der Waals surface area contributed by atoms with Crippen molar-refractivity contribution in [1.29, 1.82) is 0 Å². The molecule has 1 atom stereocenters. The van der Waals surface area contributed by atoms with Crippen molar-refractivity contribution in [1.82, 2.24) is 4.90 Å². The smallest absolute Gasteiger partial charge is 0.366 e. The van der Waals surface area contributed by atoms with Crippen molar-refractivity contribution in [2.75, 3.05) is 6.26 Å². The van der Waals surface area contributed by atoms with Gasteiger partial charge in [-0.3, -0.25) is 4.79 Å². The van der Waals surface area contributed by atoms with Crippen LogP contribution in [0.3, 0.4) is 0 Å². The molecule has 1 aromatic rings. The van der Waals surface area contributed by atoms with Crippen LogP contribution < -0.4 is 11.5 Å². The number of carbonyl (C=O) groups excluding carboxylic acids is 1. The molecule has 142 valence electrons. The van der Waals surface area contributed by atoms with Gasteiger partial charge in [0.25, 0.3) is 0 Å². The van der Waals surface area contributed by atoms with Gasteiger partial charge in [-0.05, 0) is 29.8 Å². The fourth-order valence-corrected chi connectivity index (χ4v) is 3.65. The van der Waals surface area contributed by atoms with Gasteiger partial charge in [-0.2, -0.15) is 13.2 Å². The third-order valence-corrected chi connectivity index (χ3v) is 5.09. The molecule has 0 aliphatic carbocycles. The molecular formula is C15H15ClF3N3O3S. The first-order chi connectivity index (χ1) is 11.8. The molecule has 1 heterocycles. The minimum Gasteiger partial charge on any atom is -0.366 e. The van der Waals surface area contributed by atoms with E-state index in [9.17, 15) is 26.4 Å². The van der Waals surface area contributed by atoms with Gasteiger partial charge in [0.1, 0.15) is 6.17 Å². The Labute approximate surface area is 152 Å². The Morgan fingerprint density at radius 2 is 1.96 bits per heavy atom. The topological polar surface area (TPSA) is 106 Å². The maximum Gasteiger partial charge on any atom is 0.416 e. The molecule has 1 aliphatic heterocycles. The second-order valence-corrected chi connectivity index (χ2v) is 8.11. The Morgan fingerprint density at radius 3 is 2.46 bits per heavy atom. The van der Waals surface area contributed by atoms with E-state index in [1.54, 1.807) is 0 Å². The van der Waals surface area contributed by atoms with Crippen LogP contribution in [0.1, 0.15) is 11.1 Å². The monoisotopic (exact) mass is 409 g/mol. The number of carbonyl (C=O) groups is 1. The summed E-state index contributed by atoms with van der Waals surface area (Å²) in [5, 5.41) is 0.0772. The number of nitrogens with two attached hydrogens (primary N) is 2. The van der Waals surface area contributed by atoms with Gasteiger partial charge in [0, 0.05) is 19.0 Å². The van der Waals surface area contributed by atoms with Gasteiger partial charge in [-0.1, -0.05) is 11.6 Å². The number of benzene rings is 1. The number of allylic oxidation sites excluding steroid dienone is 2. The molecule has 2 rings (SSSR count). The molecule has 1 aromatic carbocycles. The summed E-state index contributed by atoms with van der Waals surface area (Å²) in [6, 6.07) is 2.31. The van der Waals surface area contributed by atoms with Crippen molar-refractivity contribution in [3.63, 3.8) is 0 Å². The second-order valence-electron chi connectivity index (χ2n) is 5.69. The average molecular weight is 410 g/mol. The minimum absolute atomic E-state index is 0.0506. The van der Waals surface area contributed by atoms with E-state index in [0.29, 0.717) is 6.07 Å². The summed E-state index contributed by atoms with van der Waals surface area (Å²) in [5.74, 6) is -0.846. The van der Waals surface area contributed by atoms with E-state index in [0.717, 1.165) is 18.4 Å². The van der Waals surface area contributed by atoms with Crippen molar-refractivity contribution in [3.8, 4) is 0 Å². The molecular weight excluding hydrogens is 395 g/mol. The highest BCUT2D eigenvalue weighted by Gasteiger charge is 2.33. The number of halogens is 4. The summed E-state index contributed by atoms with van der Waals surface area (Å²) < 4.78 is 62.8. The molecule has 1 aliphatic rings. The molecule has 0 bridgehead atoms. The van der Waals surface area contributed by atoms with Crippen molar-refractivity contribution in [2.24, 2.45) is 11.5 Å². The molecule has 0 fully saturated rings. The van der Waals surface area contributed by atoms with Crippen LogP contribution in [0.2, 0.25) is 0 Å². The number of hydrogen-bond donors (Lipinski definition) is 2. The SMILES string of the molecule is CS(=O)(=O)c1ccc(C(F)(F)F)cc1CN1C=C(Cl)C=C(C(N)=O)C1N. The molecule has 4 N–H and O–H groups in total. The van der Waals surface area contributed by atoms with Gasteiger partial charge >= 0.3 is 6.18 Å². The van der Waals surface area contributed by atoms with Crippen LogP contribution in [0, 0.1) is 0 Å². The normalized spacial score (nSPS) is 18.4. The summed E-state index contributed by atoms with van der Waals surface area (Å²) in [6.45, 7) is -0.325. The van der Waals surface area contributed by atoms with Crippen LogP contribution in [0.15, 0.2) is 46.0 Å². The van der Waals surface area contributed by atoms with Gasteiger partial charge in [0.15, 0.2) is 9.84 Å². The van der Waals surface area contributed by atoms with E-state index in [4.69, 9.17) is 23.1 Å². The van der Waals surface area contributed by atoms with E-state index in [-0.39, 0.29) is 27.6 Å². The molecule has 0 saturated carbocycles. The summed E-state index contributed by atoms with van der Waals surface area (Å²) in [5.41, 5.74) is 9.92. The molecule has 0 spiro atoms. The third-order valence-electron chi connectivity index (χ3n) is 3.68. The quantitative estimate of drug-likeness (QED) is 0.787. The zero-order valence-corrected chi connectivity index (χ0v) is 15.0. The fourth-order valence-electron chi connectivity index (χ4n) is 2.49. The van der Waals surface area contributed by atoms with E-state index >= 15 is 0 Å². The van der Waals surface area contributed by atoms with E-state index < -0.39 is 33.6 Å². The first-order valence-corrected chi connectivity index (χ1v) is 9.38. The summed E-state index contributed by atoms with van der Waals surface area (Å²) in [6.07, 6.45) is -2.32. The Kier molecular flexibility index (Phi) is 5.41. The Hall–Kier alpha value is -2.04. The largest absolute Gasteiger partial charge is 0.416 e. The first-order valence-electron chi connectivity index (χ1n) is 7.11. The summed E-state index contributed by atoms with van der Waals surface area (Å²) in [4.78, 5) is 12.4. The van der Waals surface area contributed by atoms with Crippen LogP contribution >= 0.6 is 11.6 Å². The predicted octanol–water partition coefficient (Wildman–Crippen LogP) is 1.70. The number of hydrogen-bond acceptors (Lipinski definition) is 5. The summed E-state index contributed by atoms with van der Waals surface area (Å²) >= 11 is 5.90. The van der Waals surface area contributed by atoms with Gasteiger partial charge < -0.3 is 16.4 Å². The average Bonchev–Trinajstić information content (AvgIpc) is 2.48. The van der Waals surface area contributed by atoms with Gasteiger partial charge in [-0.15, -0.1) is 0 Å². The number of amides is 1. The molecule has 11 heteroatoms. The van der Waals surface area contributed by atoms with E-state index in [2.05, 4.69) is 0 Å². The number of nitrogens with zero attached hydrogens (tertiary/aromatic N) is 1. The van der Waals surface area contributed by atoms with Crippen LogP contribution in [-0.4, -0.2) is 31.6 Å². The van der Waals surface area contributed by atoms with Crippen LogP contribution in [0.5, 0.6) is 0 Å². The van der Waals surface area contributed by atoms with E-state index in [1.165, 1.54) is 17.2 Å². The lowest BCUT2D eigenvalue weighted by Crippen LogP contribution is -2.45. The lowest BCUT2D eigenvalue weighted by atomic mass is 10.1. The maximum atomic E-state index is 13.0. The zero-order chi connectivity index (χ0) is 19.9. The summed E-state index contributed by atoms with van der Waals surface area (Å²) in [7, 11) is -3.80. The standard InChI is InChI=1S/C15H15ClF3N3O3S/c1-26(24,25)12-3-2-9(15(17,18)19)4-8(12)6-22-7-10(16)5-11(13(22)20)14(21)23/h2-5,7,13H,6,20H2,1H3,(H2,21,23). The fraction of sp³-hybridized carbons (Fsp3) is 0.267. The number of sulfone groups is 1. The maximum absolute atomic E-state index is 13.0. The lowest BCUT2D eigenvalue weighted by molar-refractivity contribution is -0.137. The third kappa shape index (κ3) is 4.37. The molecule has 0 saturated heterocycles.